The Balaban J connectivity index is 0.00000205. The first-order valence-electron chi connectivity index (χ1n) is 14.2. The summed E-state index contributed by atoms with van der Waals surface area (Å²) in [6.45, 7) is 12.5. The van der Waals surface area contributed by atoms with E-state index < -0.39 is 0 Å². The molecule has 0 radical (unpaired) electrons. The van der Waals surface area contributed by atoms with Gasteiger partial charge in [-0.1, -0.05) is 39.3 Å². The van der Waals surface area contributed by atoms with Gasteiger partial charge in [-0.15, -0.1) is 0 Å². The van der Waals surface area contributed by atoms with Gasteiger partial charge in [-0.25, -0.2) is 0 Å². The number of aromatic nitrogens is 2. The molecule has 3 N–H and O–H groups in total. The van der Waals surface area contributed by atoms with E-state index in [0.717, 1.165) is 50.2 Å². The van der Waals surface area contributed by atoms with Gasteiger partial charge < -0.3 is 25.4 Å². The van der Waals surface area contributed by atoms with Gasteiger partial charge >= 0.3 is 6.01 Å². The van der Waals surface area contributed by atoms with Gasteiger partial charge in [-0.05, 0) is 56.4 Å². The molecular formula is C29H47N7O3. The van der Waals surface area contributed by atoms with Crippen molar-refractivity contribution < 1.29 is 14.3 Å². The molecule has 1 spiro atoms. The van der Waals surface area contributed by atoms with Gasteiger partial charge in [0.05, 0.1) is 20.3 Å². The molecule has 3 heterocycles. The van der Waals surface area contributed by atoms with Crippen molar-refractivity contribution in [2.75, 3.05) is 69.9 Å². The summed E-state index contributed by atoms with van der Waals surface area (Å²) in [6.07, 6.45) is 5.19. The van der Waals surface area contributed by atoms with Crippen molar-refractivity contribution in [2.24, 2.45) is 5.41 Å². The van der Waals surface area contributed by atoms with Crippen LogP contribution < -0.4 is 25.4 Å². The number of unbranched alkanes of at least 4 members (excludes halogenated alkanes) is 1. The van der Waals surface area contributed by atoms with E-state index in [2.05, 4.69) is 51.2 Å². The molecule has 0 aliphatic carbocycles. The number of carbonyl (C=O) groups is 1. The van der Waals surface area contributed by atoms with E-state index >= 15 is 0 Å². The lowest BCUT2D eigenvalue weighted by molar-refractivity contribution is -0.107. The van der Waals surface area contributed by atoms with Crippen molar-refractivity contribution in [3.8, 4) is 11.8 Å². The molecule has 10 nitrogen and oxygen atoms in total. The minimum Gasteiger partial charge on any atom is -0.496 e. The minimum absolute atomic E-state index is 0.158. The van der Waals surface area contributed by atoms with Crippen LogP contribution in [0, 0.1) is 5.41 Å². The highest BCUT2D eigenvalue weighted by molar-refractivity contribution is 5.85. The monoisotopic (exact) mass is 541 g/mol. The topological polar surface area (TPSA) is 109 Å². The summed E-state index contributed by atoms with van der Waals surface area (Å²) >= 11 is 0. The molecule has 39 heavy (non-hydrogen) atoms. The second-order valence-electron chi connectivity index (χ2n) is 10.4. The molecule has 1 aromatic carbocycles. The van der Waals surface area contributed by atoms with E-state index in [1.165, 1.54) is 36.4 Å². The largest absolute Gasteiger partial charge is 0.496 e. The molecule has 2 aliphatic heterocycles. The van der Waals surface area contributed by atoms with Gasteiger partial charge in [-0.2, -0.15) is 9.97 Å². The zero-order valence-corrected chi connectivity index (χ0v) is 24.6. The molecule has 0 atom stereocenters. The highest BCUT2D eigenvalue weighted by Gasteiger charge is 2.43. The van der Waals surface area contributed by atoms with Crippen LogP contribution in [0.3, 0.4) is 0 Å². The molecule has 216 valence electrons. The van der Waals surface area contributed by atoms with E-state index in [1.54, 1.807) is 14.2 Å². The predicted molar refractivity (Wildman–Crippen MR) is 157 cm³/mol. The highest BCUT2D eigenvalue weighted by atomic mass is 16.5. The fraction of sp³-hybridized carbons (Fsp3) is 0.621. The maximum Gasteiger partial charge on any atom is 0.320 e. The van der Waals surface area contributed by atoms with Crippen LogP contribution in [0.25, 0.3) is 0 Å². The second-order valence-corrected chi connectivity index (χ2v) is 10.4. The first kappa shape index (κ1) is 30.4. The van der Waals surface area contributed by atoms with Crippen molar-refractivity contribution in [3.63, 3.8) is 0 Å². The standard InChI is InChI=1S/C27H41N7O3.C2H6/c1-5-6-13-37-26-30-24(28)23(29-2)25(31-26)34(19-35)16-21-8-7-20(14-22(21)36-4)15-33-17-27(18-33)9-11-32(3)12-10-27;1-2/h7-8,14,19,29H,5-6,9-13,15-18H2,1-4H3,(H2,28,30,31);1-2H3. The highest BCUT2D eigenvalue weighted by Crippen LogP contribution is 2.41. The van der Waals surface area contributed by atoms with Gasteiger partial charge in [0, 0.05) is 32.2 Å². The number of carbonyl (C=O) groups excluding carboxylic acids is 1. The van der Waals surface area contributed by atoms with E-state index in [1.807, 2.05) is 19.9 Å². The number of ether oxygens (including phenoxy) is 2. The van der Waals surface area contributed by atoms with Crippen LogP contribution in [-0.2, 0) is 17.9 Å². The lowest BCUT2D eigenvalue weighted by Gasteiger charge is -2.54. The number of hydrogen-bond donors (Lipinski definition) is 2. The summed E-state index contributed by atoms with van der Waals surface area (Å²) in [5, 5.41) is 3.01. The van der Waals surface area contributed by atoms with E-state index in [4.69, 9.17) is 15.2 Å². The maximum atomic E-state index is 12.2. The van der Waals surface area contributed by atoms with Crippen LogP contribution in [0.2, 0.25) is 0 Å². The summed E-state index contributed by atoms with van der Waals surface area (Å²) < 4.78 is 11.4. The number of rotatable bonds is 12. The first-order chi connectivity index (χ1) is 18.9. The molecule has 4 rings (SSSR count). The van der Waals surface area contributed by atoms with E-state index in [9.17, 15) is 4.79 Å². The molecule has 0 saturated carbocycles. The molecule has 2 saturated heterocycles. The lowest BCUT2D eigenvalue weighted by Crippen LogP contribution is -2.59. The molecule has 0 unspecified atom stereocenters. The summed E-state index contributed by atoms with van der Waals surface area (Å²) in [7, 11) is 5.59. The maximum absolute atomic E-state index is 12.2. The Bertz CT molecular complexity index is 1070. The number of nitrogen functional groups attached to an aromatic ring is 1. The number of likely N-dealkylation sites (tertiary alicyclic amines) is 2. The number of benzene rings is 1. The number of hydrogen-bond acceptors (Lipinski definition) is 9. The Morgan fingerprint density at radius 1 is 1.21 bits per heavy atom. The number of anilines is 3. The summed E-state index contributed by atoms with van der Waals surface area (Å²) in [5.41, 5.74) is 9.22. The molecule has 2 fully saturated rings. The van der Waals surface area contributed by atoms with Crippen molar-refractivity contribution in [2.45, 2.75) is 59.5 Å². The van der Waals surface area contributed by atoms with Gasteiger partial charge in [0.1, 0.15) is 11.4 Å². The second kappa shape index (κ2) is 14.3. The molecule has 1 aromatic heterocycles. The van der Waals surface area contributed by atoms with Crippen LogP contribution in [-0.4, -0.2) is 80.2 Å². The quantitative estimate of drug-likeness (QED) is 0.304. The lowest BCUT2D eigenvalue weighted by atomic mass is 9.72. The number of methoxy groups -OCH3 is 1. The predicted octanol–water partition coefficient (Wildman–Crippen LogP) is 4.00. The number of nitrogens with one attached hydrogen (secondary N) is 1. The third-order valence-electron chi connectivity index (χ3n) is 7.54. The smallest absolute Gasteiger partial charge is 0.320 e. The van der Waals surface area contributed by atoms with Crippen LogP contribution in [0.4, 0.5) is 17.3 Å². The molecule has 1 amide bonds. The van der Waals surface area contributed by atoms with Gasteiger partial charge in [0.25, 0.3) is 0 Å². The Hall–Kier alpha value is -3.11. The third-order valence-corrected chi connectivity index (χ3v) is 7.54. The number of amides is 1. The van der Waals surface area contributed by atoms with Crippen molar-refractivity contribution in [1.82, 2.24) is 19.8 Å². The minimum atomic E-state index is 0.158. The van der Waals surface area contributed by atoms with Crippen molar-refractivity contribution in [1.29, 1.82) is 0 Å². The zero-order valence-electron chi connectivity index (χ0n) is 24.6. The first-order valence-corrected chi connectivity index (χ1v) is 14.2. The van der Waals surface area contributed by atoms with Crippen LogP contribution in [0.5, 0.6) is 11.8 Å². The Kier molecular flexibility index (Phi) is 11.2. The van der Waals surface area contributed by atoms with Gasteiger partial charge in [0.15, 0.2) is 11.6 Å². The van der Waals surface area contributed by atoms with E-state index in [0.29, 0.717) is 23.5 Å². The fourth-order valence-electron chi connectivity index (χ4n) is 5.31. The van der Waals surface area contributed by atoms with Crippen LogP contribution in [0.1, 0.15) is 57.6 Å². The van der Waals surface area contributed by atoms with Crippen molar-refractivity contribution in [3.05, 3.63) is 29.3 Å². The molecule has 10 heteroatoms. The number of piperidine rings is 1. The molecule has 2 aliphatic rings. The molecule has 2 aromatic rings. The number of nitrogens with zero attached hydrogens (tertiary/aromatic N) is 5. The van der Waals surface area contributed by atoms with Gasteiger partial charge in [0.2, 0.25) is 6.41 Å². The average Bonchev–Trinajstić information content (AvgIpc) is 2.93. The van der Waals surface area contributed by atoms with Crippen molar-refractivity contribution >= 4 is 23.7 Å². The summed E-state index contributed by atoms with van der Waals surface area (Å²) in [5.74, 6) is 1.34. The Morgan fingerprint density at radius 3 is 2.54 bits per heavy atom. The van der Waals surface area contributed by atoms with Crippen LogP contribution in [0.15, 0.2) is 18.2 Å². The van der Waals surface area contributed by atoms with E-state index in [-0.39, 0.29) is 18.4 Å². The summed E-state index contributed by atoms with van der Waals surface area (Å²) in [6, 6.07) is 6.38. The Labute approximate surface area is 233 Å². The normalized spacial score (nSPS) is 16.6. The summed E-state index contributed by atoms with van der Waals surface area (Å²) in [4.78, 5) is 27.3. The fourth-order valence-corrected chi connectivity index (χ4v) is 5.31. The average molecular weight is 542 g/mol. The van der Waals surface area contributed by atoms with Crippen LogP contribution >= 0.6 is 0 Å². The van der Waals surface area contributed by atoms with Gasteiger partial charge in [-0.3, -0.25) is 14.6 Å². The third kappa shape index (κ3) is 7.51. The zero-order chi connectivity index (χ0) is 28.4. The molecular weight excluding hydrogens is 494 g/mol. The SMILES string of the molecule is CC.CCCCOc1nc(N)c(NC)c(N(C=O)Cc2ccc(CN3CC4(CCN(C)CC4)C3)cc2OC)n1. The number of nitrogens with two attached hydrogens (primary N) is 1. The molecule has 0 bridgehead atoms. The Morgan fingerprint density at radius 2 is 1.92 bits per heavy atom.